The summed E-state index contributed by atoms with van der Waals surface area (Å²) >= 11 is 0. The lowest BCUT2D eigenvalue weighted by molar-refractivity contribution is -0.114. The molecule has 2 aromatic carbocycles. The summed E-state index contributed by atoms with van der Waals surface area (Å²) in [7, 11) is 0. The summed E-state index contributed by atoms with van der Waals surface area (Å²) in [5.74, 6) is -0.103. The number of imidazole rings is 1. The molecule has 7 nitrogen and oxygen atoms in total. The van der Waals surface area contributed by atoms with Gasteiger partial charge in [-0.3, -0.25) is 14.0 Å². The monoisotopic (exact) mass is 450 g/mol. The minimum atomic E-state index is -0.103. The molecule has 3 aromatic heterocycles. The predicted octanol–water partition coefficient (Wildman–Crippen LogP) is 5.75. The van der Waals surface area contributed by atoms with E-state index in [0.717, 1.165) is 39.2 Å². The number of rotatable bonds is 5. The van der Waals surface area contributed by atoms with Crippen LogP contribution in [0.3, 0.4) is 0 Å². The van der Waals surface area contributed by atoms with Crippen molar-refractivity contribution in [3.05, 3.63) is 79.6 Å². The maximum atomic E-state index is 11.7. The van der Waals surface area contributed by atoms with Crippen LogP contribution in [-0.4, -0.2) is 29.8 Å². The standard InChI is InChI=1S/C27H26N6O/c1-19(34)30-22-13-24(31-10-4-5-11-31)15-25(14-22)32-18-28-26-12-20(8-9-27(26)32)21-16-29-33(17-21)23-6-2-3-7-23/h4-5,8-18,23H,2-3,6-7H2,1H3,(H,30,34). The molecule has 1 saturated carbocycles. The lowest BCUT2D eigenvalue weighted by atomic mass is 10.1. The van der Waals surface area contributed by atoms with Gasteiger partial charge in [0, 0.05) is 42.5 Å². The normalized spacial score (nSPS) is 14.1. The number of nitrogens with zero attached hydrogens (tertiary/aromatic N) is 5. The van der Waals surface area contributed by atoms with E-state index in [1.165, 1.54) is 32.6 Å². The summed E-state index contributed by atoms with van der Waals surface area (Å²) in [6.07, 6.45) is 14.9. The van der Waals surface area contributed by atoms with E-state index >= 15 is 0 Å². The van der Waals surface area contributed by atoms with E-state index in [1.807, 2.05) is 53.8 Å². The molecule has 1 aliphatic rings. The van der Waals surface area contributed by atoms with Crippen molar-refractivity contribution in [2.45, 2.75) is 38.6 Å². The highest BCUT2D eigenvalue weighted by Crippen LogP contribution is 2.32. The Bertz CT molecular complexity index is 1470. The molecule has 0 bridgehead atoms. The Balaban J connectivity index is 1.38. The Labute approximate surface area is 197 Å². The van der Waals surface area contributed by atoms with Crippen LogP contribution in [0.15, 0.2) is 79.6 Å². The van der Waals surface area contributed by atoms with Gasteiger partial charge in [-0.15, -0.1) is 0 Å². The van der Waals surface area contributed by atoms with Gasteiger partial charge in [-0.05, 0) is 60.9 Å². The first-order valence-corrected chi connectivity index (χ1v) is 11.7. The lowest BCUT2D eigenvalue weighted by Crippen LogP contribution is -2.07. The molecule has 1 N–H and O–H groups in total. The van der Waals surface area contributed by atoms with Crippen molar-refractivity contribution < 1.29 is 4.79 Å². The molecule has 0 aliphatic heterocycles. The van der Waals surface area contributed by atoms with E-state index in [1.54, 1.807) is 0 Å². The molecule has 0 radical (unpaired) electrons. The van der Waals surface area contributed by atoms with Crippen LogP contribution in [0.4, 0.5) is 5.69 Å². The second-order valence-corrected chi connectivity index (χ2v) is 8.97. The number of hydrogen-bond acceptors (Lipinski definition) is 3. The Kier molecular flexibility index (Phi) is 5.02. The molecule has 1 aliphatic carbocycles. The number of amides is 1. The van der Waals surface area contributed by atoms with Gasteiger partial charge < -0.3 is 9.88 Å². The number of benzene rings is 2. The zero-order valence-corrected chi connectivity index (χ0v) is 19.1. The van der Waals surface area contributed by atoms with Crippen molar-refractivity contribution in [1.29, 1.82) is 0 Å². The summed E-state index contributed by atoms with van der Waals surface area (Å²) < 4.78 is 6.20. The fourth-order valence-corrected chi connectivity index (χ4v) is 4.92. The molecule has 5 aromatic rings. The first-order valence-electron chi connectivity index (χ1n) is 11.7. The number of fused-ring (bicyclic) bond motifs is 1. The van der Waals surface area contributed by atoms with Gasteiger partial charge in [0.15, 0.2) is 0 Å². The van der Waals surface area contributed by atoms with Crippen LogP contribution in [0.1, 0.15) is 38.6 Å². The Morgan fingerprint density at radius 1 is 1.00 bits per heavy atom. The second kappa shape index (κ2) is 8.33. The number of carbonyl (C=O) groups excluding carboxylic acids is 1. The third-order valence-electron chi connectivity index (χ3n) is 6.58. The first kappa shape index (κ1) is 20.5. The van der Waals surface area contributed by atoms with Gasteiger partial charge in [-0.25, -0.2) is 4.98 Å². The van der Waals surface area contributed by atoms with Gasteiger partial charge in [-0.2, -0.15) is 5.10 Å². The lowest BCUT2D eigenvalue weighted by Gasteiger charge is -2.12. The van der Waals surface area contributed by atoms with Gasteiger partial charge in [0.2, 0.25) is 5.91 Å². The molecule has 0 atom stereocenters. The summed E-state index contributed by atoms with van der Waals surface area (Å²) in [5, 5.41) is 7.55. The minimum absolute atomic E-state index is 0.103. The van der Waals surface area contributed by atoms with Crippen LogP contribution < -0.4 is 5.32 Å². The maximum Gasteiger partial charge on any atom is 0.221 e. The van der Waals surface area contributed by atoms with Crippen molar-refractivity contribution in [3.63, 3.8) is 0 Å². The van der Waals surface area contributed by atoms with Crippen LogP contribution in [0, 0.1) is 0 Å². The van der Waals surface area contributed by atoms with E-state index in [4.69, 9.17) is 4.98 Å². The third kappa shape index (κ3) is 3.79. The number of hydrogen-bond donors (Lipinski definition) is 1. The van der Waals surface area contributed by atoms with Crippen molar-refractivity contribution in [2.24, 2.45) is 0 Å². The van der Waals surface area contributed by atoms with Gasteiger partial charge in [0.1, 0.15) is 6.33 Å². The van der Waals surface area contributed by atoms with Gasteiger partial charge in [-0.1, -0.05) is 18.9 Å². The zero-order valence-electron chi connectivity index (χ0n) is 19.1. The molecule has 1 amide bonds. The Hall–Kier alpha value is -4.13. The average Bonchev–Trinajstić information content (AvgIpc) is 3.63. The summed E-state index contributed by atoms with van der Waals surface area (Å²) in [4.78, 5) is 16.4. The van der Waals surface area contributed by atoms with Crippen LogP contribution in [-0.2, 0) is 4.79 Å². The Morgan fingerprint density at radius 2 is 1.79 bits per heavy atom. The molecular formula is C27H26N6O. The largest absolute Gasteiger partial charge is 0.326 e. The van der Waals surface area contributed by atoms with Crippen molar-refractivity contribution in [2.75, 3.05) is 5.32 Å². The van der Waals surface area contributed by atoms with Gasteiger partial charge in [0.25, 0.3) is 0 Å². The van der Waals surface area contributed by atoms with Crippen molar-refractivity contribution >= 4 is 22.6 Å². The van der Waals surface area contributed by atoms with E-state index in [0.29, 0.717) is 6.04 Å². The summed E-state index contributed by atoms with van der Waals surface area (Å²) in [6.45, 7) is 1.52. The fourth-order valence-electron chi connectivity index (χ4n) is 4.92. The number of carbonyl (C=O) groups is 1. The first-order chi connectivity index (χ1) is 16.6. The average molecular weight is 451 g/mol. The van der Waals surface area contributed by atoms with E-state index < -0.39 is 0 Å². The van der Waals surface area contributed by atoms with Crippen LogP contribution in [0.2, 0.25) is 0 Å². The predicted molar refractivity (Wildman–Crippen MR) is 133 cm³/mol. The maximum absolute atomic E-state index is 11.7. The van der Waals surface area contributed by atoms with Crippen LogP contribution in [0.5, 0.6) is 0 Å². The number of aromatic nitrogens is 5. The smallest absolute Gasteiger partial charge is 0.221 e. The van der Waals surface area contributed by atoms with Crippen LogP contribution in [0.25, 0.3) is 33.5 Å². The fraction of sp³-hybridized carbons (Fsp3) is 0.222. The summed E-state index contributed by atoms with van der Waals surface area (Å²) in [5.41, 5.74) is 6.78. The number of nitrogens with one attached hydrogen (secondary N) is 1. The molecule has 7 heteroatoms. The second-order valence-electron chi connectivity index (χ2n) is 8.97. The Morgan fingerprint density at radius 3 is 2.59 bits per heavy atom. The molecule has 170 valence electrons. The van der Waals surface area contributed by atoms with Gasteiger partial charge >= 0.3 is 0 Å². The topological polar surface area (TPSA) is 69.7 Å². The molecule has 34 heavy (non-hydrogen) atoms. The third-order valence-corrected chi connectivity index (χ3v) is 6.58. The molecule has 0 unspecified atom stereocenters. The van der Waals surface area contributed by atoms with E-state index in [9.17, 15) is 4.79 Å². The molecule has 1 fully saturated rings. The molecule has 0 spiro atoms. The van der Waals surface area contributed by atoms with Crippen molar-refractivity contribution in [3.8, 4) is 22.5 Å². The highest BCUT2D eigenvalue weighted by atomic mass is 16.1. The van der Waals surface area contributed by atoms with Crippen molar-refractivity contribution in [1.82, 2.24) is 23.9 Å². The number of anilines is 1. The molecule has 0 saturated heterocycles. The van der Waals surface area contributed by atoms with E-state index in [-0.39, 0.29) is 5.91 Å². The van der Waals surface area contributed by atoms with Gasteiger partial charge in [0.05, 0.1) is 29.0 Å². The molecule has 3 heterocycles. The molecule has 6 rings (SSSR count). The highest BCUT2D eigenvalue weighted by Gasteiger charge is 2.18. The summed E-state index contributed by atoms with van der Waals surface area (Å²) in [6, 6.07) is 16.9. The SMILES string of the molecule is CC(=O)Nc1cc(-n2cccc2)cc(-n2cnc3cc(-c4cnn(C5CCCC5)c4)ccc32)c1. The van der Waals surface area contributed by atoms with E-state index in [2.05, 4.69) is 50.1 Å². The minimum Gasteiger partial charge on any atom is -0.326 e. The highest BCUT2D eigenvalue weighted by molar-refractivity contribution is 5.90. The molecular weight excluding hydrogens is 424 g/mol. The zero-order chi connectivity index (χ0) is 23.1. The van der Waals surface area contributed by atoms with Crippen LogP contribution >= 0.6 is 0 Å². The quantitative estimate of drug-likeness (QED) is 0.370.